The first-order chi connectivity index (χ1) is 23.7. The van der Waals surface area contributed by atoms with Gasteiger partial charge in [0.15, 0.2) is 0 Å². The highest BCUT2D eigenvalue weighted by Gasteiger charge is 2.17. The molecule has 7 aromatic carbocycles. The Hall–Kier alpha value is -6.88. The normalized spacial score (nSPS) is 11.3. The molecule has 0 spiro atoms. The molecular weight excluding hydrogens is 585 g/mol. The van der Waals surface area contributed by atoms with E-state index in [4.69, 9.17) is 0 Å². The maximum absolute atomic E-state index is 10.4. The molecule has 2 heterocycles. The monoisotopic (exact) mass is 610 g/mol. The summed E-state index contributed by atoms with van der Waals surface area (Å²) in [7, 11) is 0. The zero-order chi connectivity index (χ0) is 32.2. The van der Waals surface area contributed by atoms with Crippen LogP contribution in [0.1, 0.15) is 11.1 Å². The zero-order valence-corrected chi connectivity index (χ0v) is 25.8. The van der Waals surface area contributed by atoms with Gasteiger partial charge < -0.3 is 9.13 Å². The van der Waals surface area contributed by atoms with Crippen molar-refractivity contribution in [2.24, 2.45) is 0 Å². The third kappa shape index (κ3) is 4.14. The van der Waals surface area contributed by atoms with Crippen LogP contribution in [0.15, 0.2) is 158 Å². The molecule has 0 saturated heterocycles. The standard InChI is InChI=1S/C44H26N4/c45-27-29-17-23-39-38-12-2-6-14-41(38)47(44(39)25-29)33-21-18-30(19-22-33)34-24-20-31(26-32(34)28-46)35-9-1-5-13-40(35)48-42-15-7-3-10-36(42)37-11-4-8-16-43(37)48/h1-26H. The second-order valence-corrected chi connectivity index (χ2v) is 12.0. The van der Waals surface area contributed by atoms with Crippen LogP contribution in [0.25, 0.3) is 77.2 Å². The molecule has 2 aromatic heterocycles. The first-order valence-electron chi connectivity index (χ1n) is 15.9. The van der Waals surface area contributed by atoms with Gasteiger partial charge in [0, 0.05) is 32.8 Å². The summed E-state index contributed by atoms with van der Waals surface area (Å²) in [5, 5.41) is 24.7. The van der Waals surface area contributed by atoms with Crippen molar-refractivity contribution in [3.8, 4) is 45.8 Å². The average molecular weight is 611 g/mol. The summed E-state index contributed by atoms with van der Waals surface area (Å²) in [5.41, 5.74) is 11.6. The average Bonchev–Trinajstić information content (AvgIpc) is 3.67. The number of nitrogens with zero attached hydrogens (tertiary/aromatic N) is 4. The number of fused-ring (bicyclic) bond motifs is 6. The number of para-hydroxylation sites is 4. The Morgan fingerprint density at radius 1 is 0.396 bits per heavy atom. The minimum Gasteiger partial charge on any atom is -0.309 e. The summed E-state index contributed by atoms with van der Waals surface area (Å²) in [6, 6.07) is 58.9. The molecule has 0 bridgehead atoms. The number of hydrogen-bond donors (Lipinski definition) is 0. The smallest absolute Gasteiger partial charge is 0.0998 e. The Morgan fingerprint density at radius 3 is 1.60 bits per heavy atom. The van der Waals surface area contributed by atoms with Crippen molar-refractivity contribution in [3.63, 3.8) is 0 Å². The van der Waals surface area contributed by atoms with Crippen LogP contribution in [-0.4, -0.2) is 9.13 Å². The van der Waals surface area contributed by atoms with Crippen molar-refractivity contribution in [2.45, 2.75) is 0 Å². The lowest BCUT2D eigenvalue weighted by Gasteiger charge is -2.15. The molecule has 0 aliphatic rings. The molecule has 4 nitrogen and oxygen atoms in total. The molecular formula is C44H26N4. The van der Waals surface area contributed by atoms with E-state index in [1.165, 1.54) is 10.8 Å². The Kier molecular flexibility index (Phi) is 6.22. The van der Waals surface area contributed by atoms with Crippen molar-refractivity contribution in [1.82, 2.24) is 9.13 Å². The first-order valence-corrected chi connectivity index (χ1v) is 15.9. The van der Waals surface area contributed by atoms with Crippen molar-refractivity contribution in [1.29, 1.82) is 10.5 Å². The van der Waals surface area contributed by atoms with Crippen molar-refractivity contribution in [2.75, 3.05) is 0 Å². The van der Waals surface area contributed by atoms with E-state index in [1.807, 2.05) is 36.4 Å². The van der Waals surface area contributed by atoms with E-state index in [1.54, 1.807) is 0 Å². The van der Waals surface area contributed by atoms with Gasteiger partial charge >= 0.3 is 0 Å². The molecule has 9 rings (SSSR count). The minimum atomic E-state index is 0.618. The molecule has 0 unspecified atom stereocenters. The van der Waals surface area contributed by atoms with Gasteiger partial charge in [0.05, 0.1) is 51.0 Å². The molecule has 0 atom stereocenters. The van der Waals surface area contributed by atoms with Gasteiger partial charge in [-0.25, -0.2) is 0 Å². The van der Waals surface area contributed by atoms with E-state index in [-0.39, 0.29) is 0 Å². The van der Waals surface area contributed by atoms with Gasteiger partial charge in [-0.3, -0.25) is 0 Å². The van der Waals surface area contributed by atoms with Crippen molar-refractivity contribution < 1.29 is 0 Å². The van der Waals surface area contributed by atoms with Crippen LogP contribution in [0, 0.1) is 22.7 Å². The Labute approximate surface area is 277 Å². The van der Waals surface area contributed by atoms with Gasteiger partial charge in [0.25, 0.3) is 0 Å². The van der Waals surface area contributed by atoms with Crippen LogP contribution in [0.2, 0.25) is 0 Å². The number of hydrogen-bond acceptors (Lipinski definition) is 2. The lowest BCUT2D eigenvalue weighted by molar-refractivity contribution is 1.18. The lowest BCUT2D eigenvalue weighted by atomic mass is 9.94. The number of rotatable bonds is 4. The van der Waals surface area contributed by atoms with Crippen molar-refractivity contribution in [3.05, 3.63) is 169 Å². The second kappa shape index (κ2) is 10.9. The molecule has 222 valence electrons. The summed E-state index contributed by atoms with van der Waals surface area (Å²) in [5.74, 6) is 0. The molecule has 9 aromatic rings. The lowest BCUT2D eigenvalue weighted by Crippen LogP contribution is -1.97. The van der Waals surface area contributed by atoms with E-state index >= 15 is 0 Å². The maximum atomic E-state index is 10.4. The topological polar surface area (TPSA) is 57.4 Å². The predicted molar refractivity (Wildman–Crippen MR) is 195 cm³/mol. The van der Waals surface area contributed by atoms with Crippen molar-refractivity contribution >= 4 is 43.6 Å². The van der Waals surface area contributed by atoms with Gasteiger partial charge in [-0.2, -0.15) is 10.5 Å². The molecule has 0 amide bonds. The van der Waals surface area contributed by atoms with E-state index in [0.717, 1.165) is 66.5 Å². The van der Waals surface area contributed by atoms with Gasteiger partial charge in [-0.15, -0.1) is 0 Å². The quantitative estimate of drug-likeness (QED) is 0.199. The van der Waals surface area contributed by atoms with Crippen LogP contribution in [0.4, 0.5) is 0 Å². The van der Waals surface area contributed by atoms with Crippen LogP contribution in [0.5, 0.6) is 0 Å². The van der Waals surface area contributed by atoms with Crippen LogP contribution in [-0.2, 0) is 0 Å². The molecule has 0 aliphatic carbocycles. The van der Waals surface area contributed by atoms with E-state index in [0.29, 0.717) is 11.1 Å². The highest BCUT2D eigenvalue weighted by atomic mass is 15.0. The van der Waals surface area contributed by atoms with Gasteiger partial charge in [0.2, 0.25) is 0 Å². The molecule has 4 heteroatoms. The van der Waals surface area contributed by atoms with Gasteiger partial charge in [-0.1, -0.05) is 103 Å². The molecule has 0 radical (unpaired) electrons. The summed E-state index contributed by atoms with van der Waals surface area (Å²) in [6.07, 6.45) is 0. The zero-order valence-electron chi connectivity index (χ0n) is 25.8. The van der Waals surface area contributed by atoms with E-state index in [9.17, 15) is 10.5 Å². The number of aromatic nitrogens is 2. The Balaban J connectivity index is 1.14. The highest BCUT2D eigenvalue weighted by molar-refractivity contribution is 6.10. The molecule has 48 heavy (non-hydrogen) atoms. The Bertz CT molecular complexity index is 2750. The number of nitriles is 2. The molecule has 0 fully saturated rings. The largest absolute Gasteiger partial charge is 0.309 e. The second-order valence-electron chi connectivity index (χ2n) is 12.0. The third-order valence-corrected chi connectivity index (χ3v) is 9.42. The van der Waals surface area contributed by atoms with Gasteiger partial charge in [-0.05, 0) is 71.3 Å². The van der Waals surface area contributed by atoms with E-state index < -0.39 is 0 Å². The van der Waals surface area contributed by atoms with Crippen LogP contribution < -0.4 is 0 Å². The molecule has 0 aliphatic heterocycles. The fourth-order valence-corrected chi connectivity index (χ4v) is 7.26. The fraction of sp³-hybridized carbons (Fsp3) is 0. The summed E-state index contributed by atoms with van der Waals surface area (Å²) >= 11 is 0. The minimum absolute atomic E-state index is 0.618. The third-order valence-electron chi connectivity index (χ3n) is 9.42. The van der Waals surface area contributed by atoms with Gasteiger partial charge in [0.1, 0.15) is 0 Å². The summed E-state index contributed by atoms with van der Waals surface area (Å²) in [4.78, 5) is 0. The summed E-state index contributed by atoms with van der Waals surface area (Å²) < 4.78 is 4.53. The summed E-state index contributed by atoms with van der Waals surface area (Å²) in [6.45, 7) is 0. The fourth-order valence-electron chi connectivity index (χ4n) is 7.26. The van der Waals surface area contributed by atoms with E-state index in [2.05, 4.69) is 143 Å². The highest BCUT2D eigenvalue weighted by Crippen LogP contribution is 2.38. The first kappa shape index (κ1) is 27.4. The molecule has 0 saturated carbocycles. The Morgan fingerprint density at radius 2 is 0.958 bits per heavy atom. The van der Waals surface area contributed by atoms with Crippen LogP contribution >= 0.6 is 0 Å². The maximum Gasteiger partial charge on any atom is 0.0998 e. The number of benzene rings is 7. The SMILES string of the molecule is N#Cc1ccc2c3ccccc3n(-c3ccc(-c4ccc(-c5ccccc5-n5c6ccccc6c6ccccc65)cc4C#N)cc3)c2c1. The molecule has 0 N–H and O–H groups in total. The predicted octanol–water partition coefficient (Wildman–Crippen LogP) is 11.0. The van der Waals surface area contributed by atoms with Crippen LogP contribution in [0.3, 0.4) is 0 Å².